The zero-order valence-electron chi connectivity index (χ0n) is 10.2. The Kier molecular flexibility index (Phi) is 4.36. The number of hydrogen-bond acceptors (Lipinski definition) is 2. The maximum absolute atomic E-state index is 5.37. The molecule has 0 fully saturated rings. The van der Waals surface area contributed by atoms with Gasteiger partial charge in [-0.2, -0.15) is 0 Å². The molecule has 1 aromatic carbocycles. The molecule has 0 aliphatic rings. The Morgan fingerprint density at radius 2 is 2.18 bits per heavy atom. The summed E-state index contributed by atoms with van der Waals surface area (Å²) in [5, 5.41) is 6.57. The second kappa shape index (κ2) is 5.55. The molecule has 0 aliphatic carbocycles. The third-order valence-corrected chi connectivity index (χ3v) is 2.32. The number of anilines is 1. The molecule has 0 atom stereocenters. The first-order valence-electron chi connectivity index (χ1n) is 5.18. The largest absolute Gasteiger partial charge is 0.497 e. The van der Waals surface area contributed by atoms with Crippen molar-refractivity contribution in [2.75, 3.05) is 12.4 Å². The second-order valence-electron chi connectivity index (χ2n) is 4.08. The maximum atomic E-state index is 5.37. The number of nitrogens with one attached hydrogen (secondary N) is 2. The minimum absolute atomic E-state index is 0.469. The fourth-order valence-corrected chi connectivity index (χ4v) is 1.56. The van der Waals surface area contributed by atoms with Crippen LogP contribution in [-0.2, 0) is 0 Å². The number of methoxy groups -OCH3 is 1. The topological polar surface area (TPSA) is 33.3 Å². The molecular formula is C13H16N2OS. The lowest BCUT2D eigenvalue weighted by atomic mass is 10.1. The average molecular weight is 248 g/mol. The van der Waals surface area contributed by atoms with Crippen LogP contribution in [0, 0.1) is 12.3 Å². The summed E-state index contributed by atoms with van der Waals surface area (Å²) in [4.78, 5) is 0. The van der Waals surface area contributed by atoms with Gasteiger partial charge in [-0.3, -0.25) is 0 Å². The van der Waals surface area contributed by atoms with Gasteiger partial charge in [-0.25, -0.2) is 0 Å². The highest BCUT2D eigenvalue weighted by Gasteiger charge is 2.14. The summed E-state index contributed by atoms with van der Waals surface area (Å²) in [5.74, 6) is 3.39. The third-order valence-electron chi connectivity index (χ3n) is 2.11. The van der Waals surface area contributed by atoms with Crippen LogP contribution in [-0.4, -0.2) is 17.8 Å². The van der Waals surface area contributed by atoms with Crippen LogP contribution in [0.25, 0.3) is 0 Å². The van der Waals surface area contributed by atoms with Gasteiger partial charge >= 0.3 is 0 Å². The molecule has 17 heavy (non-hydrogen) atoms. The monoisotopic (exact) mass is 248 g/mol. The van der Waals surface area contributed by atoms with E-state index in [9.17, 15) is 0 Å². The lowest BCUT2D eigenvalue weighted by Crippen LogP contribution is -2.44. The number of terminal acetylenes is 1. The van der Waals surface area contributed by atoms with E-state index in [1.54, 1.807) is 7.11 Å². The van der Waals surface area contributed by atoms with Gasteiger partial charge < -0.3 is 15.4 Å². The van der Waals surface area contributed by atoms with Crippen LogP contribution in [0.4, 0.5) is 5.69 Å². The number of hydrogen-bond donors (Lipinski definition) is 2. The number of ether oxygens (including phenoxy) is 1. The van der Waals surface area contributed by atoms with E-state index in [-0.39, 0.29) is 0 Å². The molecule has 4 heteroatoms. The van der Waals surface area contributed by atoms with Gasteiger partial charge in [0.1, 0.15) is 5.75 Å². The molecule has 0 aliphatic heterocycles. The predicted molar refractivity (Wildman–Crippen MR) is 75.3 cm³/mol. The molecule has 1 rings (SSSR count). The van der Waals surface area contributed by atoms with Gasteiger partial charge in [-0.05, 0) is 38.2 Å². The summed E-state index contributed by atoms with van der Waals surface area (Å²) in [6, 6.07) is 7.51. The number of thiocarbonyl (C=S) groups is 1. The third kappa shape index (κ3) is 4.33. The Hall–Kier alpha value is -1.73. The van der Waals surface area contributed by atoms with Crippen LogP contribution >= 0.6 is 12.2 Å². The summed E-state index contributed by atoms with van der Waals surface area (Å²) in [5.41, 5.74) is 0.387. The SMILES string of the molecule is C#CC(C)(C)NC(=S)Nc1cccc(OC)c1. The van der Waals surface area contributed by atoms with Crippen LogP contribution in [0.3, 0.4) is 0 Å². The van der Waals surface area contributed by atoms with Crippen molar-refractivity contribution >= 4 is 23.0 Å². The van der Waals surface area contributed by atoms with Crippen LogP contribution in [0.2, 0.25) is 0 Å². The van der Waals surface area contributed by atoms with Gasteiger partial charge in [-0.1, -0.05) is 12.0 Å². The van der Waals surface area contributed by atoms with Crippen molar-refractivity contribution < 1.29 is 4.74 Å². The molecule has 0 spiro atoms. The van der Waals surface area contributed by atoms with Crippen LogP contribution in [0.1, 0.15) is 13.8 Å². The quantitative estimate of drug-likeness (QED) is 0.635. The Labute approximate surface area is 108 Å². The van der Waals surface area contributed by atoms with E-state index in [2.05, 4.69) is 16.6 Å². The first-order chi connectivity index (χ1) is 7.96. The molecule has 0 amide bonds. The molecule has 0 unspecified atom stereocenters. The van der Waals surface area contributed by atoms with Crippen LogP contribution in [0.15, 0.2) is 24.3 Å². The molecule has 0 saturated carbocycles. The fourth-order valence-electron chi connectivity index (χ4n) is 1.18. The normalized spacial score (nSPS) is 10.2. The average Bonchev–Trinajstić information content (AvgIpc) is 2.28. The zero-order valence-corrected chi connectivity index (χ0v) is 11.0. The maximum Gasteiger partial charge on any atom is 0.171 e. The van der Waals surface area contributed by atoms with E-state index in [1.807, 2.05) is 38.1 Å². The highest BCUT2D eigenvalue weighted by molar-refractivity contribution is 7.80. The summed E-state index contributed by atoms with van der Waals surface area (Å²) >= 11 is 5.17. The molecular weight excluding hydrogens is 232 g/mol. The molecule has 0 radical (unpaired) electrons. The fraction of sp³-hybridized carbons (Fsp3) is 0.308. The molecule has 0 bridgehead atoms. The molecule has 1 aromatic rings. The number of rotatable bonds is 3. The standard InChI is InChI=1S/C13H16N2OS/c1-5-13(2,3)15-12(17)14-10-7-6-8-11(9-10)16-4/h1,6-9H,2-4H3,(H2,14,15,17). The molecule has 0 heterocycles. The Morgan fingerprint density at radius 3 is 2.76 bits per heavy atom. The summed E-state index contributed by atoms with van der Waals surface area (Å²) in [7, 11) is 1.62. The molecule has 2 N–H and O–H groups in total. The van der Waals surface area contributed by atoms with E-state index in [0.717, 1.165) is 11.4 Å². The van der Waals surface area contributed by atoms with Crippen molar-refractivity contribution in [2.45, 2.75) is 19.4 Å². The summed E-state index contributed by atoms with van der Waals surface area (Å²) in [6.45, 7) is 3.76. The van der Waals surface area contributed by atoms with E-state index in [0.29, 0.717) is 5.11 Å². The lowest BCUT2D eigenvalue weighted by molar-refractivity contribution is 0.415. The second-order valence-corrected chi connectivity index (χ2v) is 4.49. The van der Waals surface area contributed by atoms with Crippen molar-refractivity contribution in [3.05, 3.63) is 24.3 Å². The van der Waals surface area contributed by atoms with Crippen molar-refractivity contribution in [2.24, 2.45) is 0 Å². The Balaban J connectivity index is 2.66. The van der Waals surface area contributed by atoms with Crippen molar-refractivity contribution in [1.82, 2.24) is 5.32 Å². The number of benzene rings is 1. The highest BCUT2D eigenvalue weighted by atomic mass is 32.1. The van der Waals surface area contributed by atoms with Gasteiger partial charge in [0.05, 0.1) is 12.6 Å². The summed E-state index contributed by atoms with van der Waals surface area (Å²) < 4.78 is 5.12. The van der Waals surface area contributed by atoms with Crippen molar-refractivity contribution in [3.63, 3.8) is 0 Å². The van der Waals surface area contributed by atoms with Crippen molar-refractivity contribution in [3.8, 4) is 18.1 Å². The predicted octanol–water partition coefficient (Wildman–Crippen LogP) is 2.39. The van der Waals surface area contributed by atoms with Crippen molar-refractivity contribution in [1.29, 1.82) is 0 Å². The van der Waals surface area contributed by atoms with E-state index in [1.165, 1.54) is 0 Å². The van der Waals surface area contributed by atoms with Crippen LogP contribution in [0.5, 0.6) is 5.75 Å². The lowest BCUT2D eigenvalue weighted by Gasteiger charge is -2.22. The molecule has 3 nitrogen and oxygen atoms in total. The zero-order chi connectivity index (χ0) is 12.9. The Morgan fingerprint density at radius 1 is 1.47 bits per heavy atom. The first-order valence-corrected chi connectivity index (χ1v) is 5.58. The van der Waals surface area contributed by atoms with Gasteiger partial charge in [0.25, 0.3) is 0 Å². The smallest absolute Gasteiger partial charge is 0.171 e. The molecule has 90 valence electrons. The summed E-state index contributed by atoms with van der Waals surface area (Å²) in [6.07, 6.45) is 5.37. The van der Waals surface area contributed by atoms with Gasteiger partial charge in [-0.15, -0.1) is 6.42 Å². The van der Waals surface area contributed by atoms with E-state index in [4.69, 9.17) is 23.4 Å². The van der Waals surface area contributed by atoms with Gasteiger partial charge in [0, 0.05) is 11.8 Å². The molecule has 0 aromatic heterocycles. The van der Waals surface area contributed by atoms with Crippen LogP contribution < -0.4 is 15.4 Å². The van der Waals surface area contributed by atoms with Gasteiger partial charge in [0.2, 0.25) is 0 Å². The highest BCUT2D eigenvalue weighted by Crippen LogP contribution is 2.16. The molecule has 0 saturated heterocycles. The Bertz CT molecular complexity index is 449. The minimum atomic E-state index is -0.469. The first kappa shape index (κ1) is 13.3. The van der Waals surface area contributed by atoms with E-state index >= 15 is 0 Å². The van der Waals surface area contributed by atoms with Gasteiger partial charge in [0.15, 0.2) is 5.11 Å². The minimum Gasteiger partial charge on any atom is -0.497 e. The van der Waals surface area contributed by atoms with E-state index < -0.39 is 5.54 Å².